The molecule has 0 radical (unpaired) electrons. The number of ether oxygens (including phenoxy) is 1. The van der Waals surface area contributed by atoms with E-state index in [-0.39, 0.29) is 0 Å². The number of rotatable bonds is 8. The third-order valence-electron chi connectivity index (χ3n) is 3.49. The van der Waals surface area contributed by atoms with Crippen LogP contribution in [0.15, 0.2) is 0 Å². The Morgan fingerprint density at radius 2 is 2.17 bits per heavy atom. The van der Waals surface area contributed by atoms with Gasteiger partial charge in [-0.05, 0) is 12.8 Å². The molecule has 5 heteroatoms. The Kier molecular flexibility index (Phi) is 7.70. The van der Waals surface area contributed by atoms with Gasteiger partial charge >= 0.3 is 0 Å². The number of halogens is 2. The van der Waals surface area contributed by atoms with Crippen LogP contribution in [0.3, 0.4) is 0 Å². The Bertz CT molecular complexity index is 217. The summed E-state index contributed by atoms with van der Waals surface area (Å²) < 4.78 is 28.9. The molecule has 1 saturated heterocycles. The van der Waals surface area contributed by atoms with Gasteiger partial charge in [-0.15, -0.1) is 0 Å². The molecule has 0 aliphatic carbocycles. The summed E-state index contributed by atoms with van der Waals surface area (Å²) in [6.07, 6.45) is 1.07. The molecule has 0 aromatic rings. The maximum absolute atomic E-state index is 12.0. The fourth-order valence-corrected chi connectivity index (χ4v) is 2.50. The monoisotopic (exact) mass is 264 g/mol. The second kappa shape index (κ2) is 8.77. The van der Waals surface area contributed by atoms with Crippen LogP contribution in [-0.4, -0.2) is 56.3 Å². The van der Waals surface area contributed by atoms with E-state index in [1.807, 2.05) is 0 Å². The molecule has 1 rings (SSSR count). The maximum Gasteiger partial charge on any atom is 0.261 e. The van der Waals surface area contributed by atoms with Crippen molar-refractivity contribution in [2.75, 3.05) is 32.8 Å². The zero-order valence-electron chi connectivity index (χ0n) is 11.5. The van der Waals surface area contributed by atoms with Crippen LogP contribution in [0.25, 0.3) is 0 Å². The first-order chi connectivity index (χ1) is 8.67. The van der Waals surface area contributed by atoms with Crippen molar-refractivity contribution in [2.45, 2.75) is 51.6 Å². The van der Waals surface area contributed by atoms with Crippen LogP contribution in [-0.2, 0) is 4.74 Å². The Hall–Kier alpha value is -0.260. The second-order valence-corrected chi connectivity index (χ2v) is 4.92. The molecule has 108 valence electrons. The molecule has 0 bridgehead atoms. The number of nitrogens with zero attached hydrogens (tertiary/aromatic N) is 1. The van der Waals surface area contributed by atoms with Gasteiger partial charge in [-0.3, -0.25) is 4.90 Å². The van der Waals surface area contributed by atoms with Gasteiger partial charge in [0.25, 0.3) is 6.43 Å². The highest BCUT2D eigenvalue weighted by atomic mass is 19.3. The Morgan fingerprint density at radius 1 is 1.39 bits per heavy atom. The first-order valence-electron chi connectivity index (χ1n) is 7.00. The van der Waals surface area contributed by atoms with Crippen molar-refractivity contribution in [2.24, 2.45) is 0 Å². The minimum Gasteiger partial charge on any atom is -0.374 e. The summed E-state index contributed by atoms with van der Waals surface area (Å²) in [7, 11) is 0. The quantitative estimate of drug-likeness (QED) is 0.680. The number of piperazine rings is 1. The molecular formula is C13H26F2N2O. The van der Waals surface area contributed by atoms with Crippen molar-refractivity contribution in [3.05, 3.63) is 0 Å². The molecule has 18 heavy (non-hydrogen) atoms. The van der Waals surface area contributed by atoms with Crippen LogP contribution in [0, 0.1) is 0 Å². The fourth-order valence-electron chi connectivity index (χ4n) is 2.50. The summed E-state index contributed by atoms with van der Waals surface area (Å²) in [6, 6.07) is 1.04. The van der Waals surface area contributed by atoms with E-state index in [9.17, 15) is 8.78 Å². The molecular weight excluding hydrogens is 238 g/mol. The minimum absolute atomic E-state index is 0.402. The zero-order chi connectivity index (χ0) is 13.4. The van der Waals surface area contributed by atoms with E-state index in [0.29, 0.717) is 18.7 Å². The summed E-state index contributed by atoms with van der Waals surface area (Å²) in [5, 5.41) is 3.56. The SMILES string of the molecule is CCCC1CN(CCOCC(F)F)C(CC)CN1. The maximum atomic E-state index is 12.0. The normalized spacial score (nSPS) is 25.8. The molecule has 3 nitrogen and oxygen atoms in total. The van der Waals surface area contributed by atoms with Gasteiger partial charge in [0, 0.05) is 31.7 Å². The number of hydrogen-bond acceptors (Lipinski definition) is 3. The lowest BCUT2D eigenvalue weighted by atomic mass is 10.0. The van der Waals surface area contributed by atoms with Gasteiger partial charge in [-0.25, -0.2) is 8.78 Å². The third kappa shape index (κ3) is 5.59. The predicted octanol–water partition coefficient (Wildman–Crippen LogP) is 2.12. The van der Waals surface area contributed by atoms with Crippen molar-refractivity contribution < 1.29 is 13.5 Å². The van der Waals surface area contributed by atoms with Gasteiger partial charge in [0.05, 0.1) is 6.61 Å². The van der Waals surface area contributed by atoms with E-state index in [4.69, 9.17) is 4.74 Å². The highest BCUT2D eigenvalue weighted by molar-refractivity contribution is 4.85. The smallest absolute Gasteiger partial charge is 0.261 e. The van der Waals surface area contributed by atoms with Gasteiger partial charge in [0.2, 0.25) is 0 Å². The van der Waals surface area contributed by atoms with Crippen LogP contribution in [0.1, 0.15) is 33.1 Å². The third-order valence-corrected chi connectivity index (χ3v) is 3.49. The van der Waals surface area contributed by atoms with E-state index in [1.165, 1.54) is 12.8 Å². The Morgan fingerprint density at radius 3 is 2.78 bits per heavy atom. The molecule has 0 spiro atoms. The summed E-state index contributed by atoms with van der Waals surface area (Å²) in [6.45, 7) is 7.07. The van der Waals surface area contributed by atoms with Crippen molar-refractivity contribution in [3.63, 3.8) is 0 Å². The zero-order valence-corrected chi connectivity index (χ0v) is 11.5. The van der Waals surface area contributed by atoms with Crippen LogP contribution in [0.4, 0.5) is 8.78 Å². The lowest BCUT2D eigenvalue weighted by Crippen LogP contribution is -2.56. The van der Waals surface area contributed by atoms with E-state index < -0.39 is 13.0 Å². The van der Waals surface area contributed by atoms with Crippen molar-refractivity contribution in [1.29, 1.82) is 0 Å². The molecule has 0 saturated carbocycles. The first kappa shape index (κ1) is 15.8. The molecule has 1 N–H and O–H groups in total. The van der Waals surface area contributed by atoms with Gasteiger partial charge in [-0.2, -0.15) is 0 Å². The summed E-state index contributed by atoms with van der Waals surface area (Å²) in [5.74, 6) is 0. The molecule has 0 aromatic heterocycles. The lowest BCUT2D eigenvalue weighted by molar-refractivity contribution is 0.000844. The van der Waals surface area contributed by atoms with E-state index in [2.05, 4.69) is 24.1 Å². The Balaban J connectivity index is 2.28. The molecule has 2 unspecified atom stereocenters. The van der Waals surface area contributed by atoms with Gasteiger partial charge in [0.1, 0.15) is 6.61 Å². The first-order valence-corrected chi connectivity index (χ1v) is 7.00. The molecule has 0 amide bonds. The molecule has 1 aliphatic heterocycles. The van der Waals surface area contributed by atoms with Crippen LogP contribution >= 0.6 is 0 Å². The van der Waals surface area contributed by atoms with E-state index in [1.54, 1.807) is 0 Å². The van der Waals surface area contributed by atoms with Crippen molar-refractivity contribution >= 4 is 0 Å². The summed E-state index contributed by atoms with van der Waals surface area (Å²) >= 11 is 0. The van der Waals surface area contributed by atoms with Gasteiger partial charge in [-0.1, -0.05) is 20.3 Å². The van der Waals surface area contributed by atoms with Crippen LogP contribution in [0.2, 0.25) is 0 Å². The highest BCUT2D eigenvalue weighted by Crippen LogP contribution is 2.12. The average Bonchev–Trinajstić information content (AvgIpc) is 2.35. The van der Waals surface area contributed by atoms with E-state index in [0.717, 1.165) is 26.1 Å². The Labute approximate surface area is 109 Å². The van der Waals surface area contributed by atoms with E-state index >= 15 is 0 Å². The lowest BCUT2D eigenvalue weighted by Gasteiger charge is -2.40. The minimum atomic E-state index is -2.36. The molecule has 2 atom stereocenters. The average molecular weight is 264 g/mol. The summed E-state index contributed by atoms with van der Waals surface area (Å²) in [4.78, 5) is 2.38. The number of alkyl halides is 2. The molecule has 1 heterocycles. The van der Waals surface area contributed by atoms with Crippen molar-refractivity contribution in [3.8, 4) is 0 Å². The van der Waals surface area contributed by atoms with Gasteiger partial charge < -0.3 is 10.1 Å². The largest absolute Gasteiger partial charge is 0.374 e. The number of hydrogen-bond donors (Lipinski definition) is 1. The number of nitrogens with one attached hydrogen (secondary N) is 1. The van der Waals surface area contributed by atoms with Gasteiger partial charge in [0.15, 0.2) is 0 Å². The fraction of sp³-hybridized carbons (Fsp3) is 1.00. The highest BCUT2D eigenvalue weighted by Gasteiger charge is 2.25. The molecule has 1 fully saturated rings. The molecule has 0 aromatic carbocycles. The predicted molar refractivity (Wildman–Crippen MR) is 69.2 cm³/mol. The van der Waals surface area contributed by atoms with Crippen LogP contribution < -0.4 is 5.32 Å². The standard InChI is InChI=1S/C13H26F2N2O/c1-3-5-11-9-17(12(4-2)8-16-11)6-7-18-10-13(14)15/h11-13,16H,3-10H2,1-2H3. The molecule has 1 aliphatic rings. The second-order valence-electron chi connectivity index (χ2n) is 4.92. The topological polar surface area (TPSA) is 24.5 Å². The summed E-state index contributed by atoms with van der Waals surface area (Å²) in [5.41, 5.74) is 0. The van der Waals surface area contributed by atoms with Crippen molar-refractivity contribution in [1.82, 2.24) is 10.2 Å². The van der Waals surface area contributed by atoms with Crippen LogP contribution in [0.5, 0.6) is 0 Å².